The van der Waals surface area contributed by atoms with Gasteiger partial charge in [-0.25, -0.2) is 4.68 Å². The largest absolute Gasteiger partial charge is 0.343 e. The molecule has 0 bridgehead atoms. The lowest BCUT2D eigenvalue weighted by molar-refractivity contribution is -0.115. The average Bonchev–Trinajstić information content (AvgIpc) is 2.99. The Morgan fingerprint density at radius 3 is 2.59 bits per heavy atom. The van der Waals surface area contributed by atoms with E-state index in [-0.39, 0.29) is 18.4 Å². The standard InChI is InChI=1S/C20H19BrN4O2/c1-14-10-18(25(24-14)13-15-6-3-2-4-7-15)23-19(26)12-22-20(27)16-8-5-9-17(21)11-16/h2-11H,12-13H2,1H3,(H,22,27)(H,23,26). The van der Waals surface area contributed by atoms with Crippen LogP contribution in [0.4, 0.5) is 5.82 Å². The molecule has 0 aliphatic rings. The minimum Gasteiger partial charge on any atom is -0.343 e. The van der Waals surface area contributed by atoms with Crippen LogP contribution in [0.5, 0.6) is 0 Å². The van der Waals surface area contributed by atoms with E-state index < -0.39 is 0 Å². The minimum atomic E-state index is -0.312. The molecule has 6 nitrogen and oxygen atoms in total. The van der Waals surface area contributed by atoms with Gasteiger partial charge < -0.3 is 10.6 Å². The number of carbonyl (C=O) groups is 2. The average molecular weight is 427 g/mol. The molecule has 27 heavy (non-hydrogen) atoms. The van der Waals surface area contributed by atoms with E-state index in [2.05, 4.69) is 31.7 Å². The van der Waals surface area contributed by atoms with Crippen LogP contribution in [-0.2, 0) is 11.3 Å². The fraction of sp³-hybridized carbons (Fsp3) is 0.150. The Labute approximate surface area is 165 Å². The van der Waals surface area contributed by atoms with Crippen LogP contribution in [0.2, 0.25) is 0 Å². The van der Waals surface area contributed by atoms with E-state index >= 15 is 0 Å². The number of amides is 2. The first kappa shape index (κ1) is 18.8. The molecule has 0 unspecified atom stereocenters. The van der Waals surface area contributed by atoms with Gasteiger partial charge in [-0.05, 0) is 30.7 Å². The molecular weight excluding hydrogens is 408 g/mol. The number of carbonyl (C=O) groups excluding carboxylic acids is 2. The van der Waals surface area contributed by atoms with Crippen LogP contribution in [0.25, 0.3) is 0 Å². The first-order valence-electron chi connectivity index (χ1n) is 8.43. The summed E-state index contributed by atoms with van der Waals surface area (Å²) in [6, 6.07) is 18.7. The smallest absolute Gasteiger partial charge is 0.251 e. The molecular formula is C20H19BrN4O2. The quantitative estimate of drug-likeness (QED) is 0.634. The third-order valence-corrected chi connectivity index (χ3v) is 4.33. The van der Waals surface area contributed by atoms with Gasteiger partial charge in [0.15, 0.2) is 0 Å². The number of hydrogen-bond acceptors (Lipinski definition) is 3. The van der Waals surface area contributed by atoms with Crippen LogP contribution in [0.1, 0.15) is 21.6 Å². The van der Waals surface area contributed by atoms with Crippen molar-refractivity contribution in [1.82, 2.24) is 15.1 Å². The summed E-state index contributed by atoms with van der Waals surface area (Å²) in [6.45, 7) is 2.29. The number of benzene rings is 2. The summed E-state index contributed by atoms with van der Waals surface area (Å²) in [5.41, 5.74) is 2.38. The molecule has 2 amide bonds. The highest BCUT2D eigenvalue weighted by molar-refractivity contribution is 9.10. The monoisotopic (exact) mass is 426 g/mol. The van der Waals surface area contributed by atoms with Gasteiger partial charge in [0.05, 0.1) is 18.8 Å². The predicted molar refractivity (Wildman–Crippen MR) is 108 cm³/mol. The van der Waals surface area contributed by atoms with E-state index in [0.29, 0.717) is 17.9 Å². The lowest BCUT2D eigenvalue weighted by Crippen LogP contribution is -2.33. The molecule has 3 rings (SSSR count). The van der Waals surface area contributed by atoms with Gasteiger partial charge in [0.1, 0.15) is 5.82 Å². The Morgan fingerprint density at radius 1 is 1.07 bits per heavy atom. The second-order valence-electron chi connectivity index (χ2n) is 6.06. The molecule has 0 fully saturated rings. The van der Waals surface area contributed by atoms with Gasteiger partial charge in [0, 0.05) is 16.1 Å². The van der Waals surface area contributed by atoms with Crippen molar-refractivity contribution in [3.8, 4) is 0 Å². The van der Waals surface area contributed by atoms with Gasteiger partial charge >= 0.3 is 0 Å². The van der Waals surface area contributed by atoms with Crippen molar-refractivity contribution < 1.29 is 9.59 Å². The number of nitrogens with one attached hydrogen (secondary N) is 2. The molecule has 2 N–H and O–H groups in total. The number of anilines is 1. The first-order valence-corrected chi connectivity index (χ1v) is 9.22. The van der Waals surface area contributed by atoms with Crippen molar-refractivity contribution >= 4 is 33.6 Å². The van der Waals surface area contributed by atoms with Crippen molar-refractivity contribution in [3.05, 3.63) is 82.0 Å². The molecule has 3 aromatic rings. The maximum atomic E-state index is 12.3. The van der Waals surface area contributed by atoms with E-state index in [4.69, 9.17) is 0 Å². The number of rotatable bonds is 6. The number of halogens is 1. The van der Waals surface area contributed by atoms with Crippen LogP contribution in [-0.4, -0.2) is 28.1 Å². The molecule has 0 atom stereocenters. The highest BCUT2D eigenvalue weighted by Crippen LogP contribution is 2.13. The molecule has 138 valence electrons. The van der Waals surface area contributed by atoms with Gasteiger partial charge in [-0.3, -0.25) is 9.59 Å². The Kier molecular flexibility index (Phi) is 6.03. The summed E-state index contributed by atoms with van der Waals surface area (Å²) in [6.07, 6.45) is 0. The van der Waals surface area contributed by atoms with E-state index in [1.54, 1.807) is 28.9 Å². The zero-order valence-corrected chi connectivity index (χ0v) is 16.4. The van der Waals surface area contributed by atoms with Crippen molar-refractivity contribution in [2.24, 2.45) is 0 Å². The predicted octanol–water partition coefficient (Wildman–Crippen LogP) is 3.37. The molecule has 0 saturated carbocycles. The van der Waals surface area contributed by atoms with Crippen molar-refractivity contribution in [2.45, 2.75) is 13.5 Å². The normalized spacial score (nSPS) is 10.4. The van der Waals surface area contributed by atoms with Crippen molar-refractivity contribution in [3.63, 3.8) is 0 Å². The van der Waals surface area contributed by atoms with E-state index in [0.717, 1.165) is 15.7 Å². The summed E-state index contributed by atoms with van der Waals surface area (Å²) < 4.78 is 2.54. The summed E-state index contributed by atoms with van der Waals surface area (Å²) >= 11 is 3.32. The topological polar surface area (TPSA) is 76.0 Å². The second-order valence-corrected chi connectivity index (χ2v) is 6.97. The minimum absolute atomic E-state index is 0.124. The molecule has 0 saturated heterocycles. The number of hydrogen-bond donors (Lipinski definition) is 2. The van der Waals surface area contributed by atoms with E-state index in [1.807, 2.05) is 43.3 Å². The molecule has 7 heteroatoms. The van der Waals surface area contributed by atoms with Crippen LogP contribution in [0.15, 0.2) is 65.1 Å². The zero-order valence-electron chi connectivity index (χ0n) is 14.8. The highest BCUT2D eigenvalue weighted by atomic mass is 79.9. The van der Waals surface area contributed by atoms with Crippen molar-refractivity contribution in [2.75, 3.05) is 11.9 Å². The third kappa shape index (κ3) is 5.27. The molecule has 0 aliphatic carbocycles. The maximum absolute atomic E-state index is 12.3. The van der Waals surface area contributed by atoms with Crippen LogP contribution < -0.4 is 10.6 Å². The first-order chi connectivity index (χ1) is 13.0. The summed E-state index contributed by atoms with van der Waals surface area (Å²) in [4.78, 5) is 24.4. The highest BCUT2D eigenvalue weighted by Gasteiger charge is 2.12. The number of aromatic nitrogens is 2. The van der Waals surface area contributed by atoms with E-state index in [9.17, 15) is 9.59 Å². The second kappa shape index (κ2) is 8.64. The third-order valence-electron chi connectivity index (χ3n) is 3.84. The van der Waals surface area contributed by atoms with Crippen LogP contribution in [0, 0.1) is 6.92 Å². The van der Waals surface area contributed by atoms with Gasteiger partial charge in [-0.2, -0.15) is 5.10 Å². The van der Waals surface area contributed by atoms with E-state index in [1.165, 1.54) is 0 Å². The number of aryl methyl sites for hydroxylation is 1. The molecule has 1 aromatic heterocycles. The Balaban J connectivity index is 1.60. The lowest BCUT2D eigenvalue weighted by atomic mass is 10.2. The SMILES string of the molecule is Cc1cc(NC(=O)CNC(=O)c2cccc(Br)c2)n(Cc2ccccc2)n1. The molecule has 1 heterocycles. The van der Waals surface area contributed by atoms with Gasteiger partial charge in [-0.1, -0.05) is 52.3 Å². The fourth-order valence-corrected chi connectivity index (χ4v) is 3.00. The Bertz CT molecular complexity index is 954. The van der Waals surface area contributed by atoms with Gasteiger partial charge in [-0.15, -0.1) is 0 Å². The van der Waals surface area contributed by atoms with Gasteiger partial charge in [0.2, 0.25) is 5.91 Å². The molecule has 0 aliphatic heterocycles. The Hall–Kier alpha value is -2.93. The van der Waals surface area contributed by atoms with Crippen LogP contribution in [0.3, 0.4) is 0 Å². The van der Waals surface area contributed by atoms with Crippen molar-refractivity contribution in [1.29, 1.82) is 0 Å². The molecule has 0 radical (unpaired) electrons. The molecule has 0 spiro atoms. The summed E-state index contributed by atoms with van der Waals surface area (Å²) in [7, 11) is 0. The lowest BCUT2D eigenvalue weighted by Gasteiger charge is -2.10. The summed E-state index contributed by atoms with van der Waals surface area (Å²) in [5.74, 6) is -0.0222. The summed E-state index contributed by atoms with van der Waals surface area (Å²) in [5, 5.41) is 9.85. The zero-order chi connectivity index (χ0) is 19.2. The van der Waals surface area contributed by atoms with Crippen LogP contribution >= 0.6 is 15.9 Å². The fourth-order valence-electron chi connectivity index (χ4n) is 2.60. The Morgan fingerprint density at radius 2 is 1.85 bits per heavy atom. The number of nitrogens with zero attached hydrogens (tertiary/aromatic N) is 2. The van der Waals surface area contributed by atoms with Gasteiger partial charge in [0.25, 0.3) is 5.91 Å². The molecule has 2 aromatic carbocycles. The maximum Gasteiger partial charge on any atom is 0.251 e.